The summed E-state index contributed by atoms with van der Waals surface area (Å²) in [6.07, 6.45) is 1.47. The van der Waals surface area contributed by atoms with E-state index in [-0.39, 0.29) is 6.54 Å². The number of hydrogen-bond acceptors (Lipinski definition) is 3. The van der Waals surface area contributed by atoms with Gasteiger partial charge >= 0.3 is 5.97 Å². The lowest BCUT2D eigenvalue weighted by Crippen LogP contribution is -2.44. The molecule has 1 aromatic rings. The van der Waals surface area contributed by atoms with E-state index in [0.29, 0.717) is 11.6 Å². The summed E-state index contributed by atoms with van der Waals surface area (Å²) in [5.74, 6) is -2.90. The monoisotopic (exact) mass is 294 g/mol. The fourth-order valence-electron chi connectivity index (χ4n) is 1.45. The van der Waals surface area contributed by atoms with E-state index in [1.54, 1.807) is 6.07 Å². The number of halogens is 1. The molecule has 2 amide bonds. The number of rotatable bonds is 6. The maximum Gasteiger partial charge on any atom is 0.328 e. The molecule has 0 bridgehead atoms. The average Bonchev–Trinajstić information content (AvgIpc) is 2.43. The topological polar surface area (TPSA) is 95.5 Å². The Morgan fingerprint density at radius 2 is 1.95 bits per heavy atom. The standard InChI is InChI=1S/C14H15FN2O4/c1-9(17-12(18)6-7-13(19)20)14(21)16-8-10-4-2-3-5-11(10)15/h2-7,9H,8H2,1H3,(H,16,21)(H,17,18)(H,19,20)/t9-/m1/s1. The maximum atomic E-state index is 13.3. The molecule has 112 valence electrons. The molecular weight excluding hydrogens is 279 g/mol. The van der Waals surface area contributed by atoms with Crippen LogP contribution in [0.3, 0.4) is 0 Å². The van der Waals surface area contributed by atoms with Crippen LogP contribution in [0.15, 0.2) is 36.4 Å². The first kappa shape index (κ1) is 16.4. The van der Waals surface area contributed by atoms with Crippen LogP contribution in [0.2, 0.25) is 0 Å². The minimum atomic E-state index is -1.26. The number of aliphatic carboxylic acids is 1. The van der Waals surface area contributed by atoms with Gasteiger partial charge in [-0.05, 0) is 13.0 Å². The van der Waals surface area contributed by atoms with Gasteiger partial charge in [0.25, 0.3) is 0 Å². The lowest BCUT2D eigenvalue weighted by Gasteiger charge is -2.13. The lowest BCUT2D eigenvalue weighted by molar-refractivity contribution is -0.131. The Labute approximate surface area is 120 Å². The molecule has 0 spiro atoms. The first-order valence-corrected chi connectivity index (χ1v) is 6.12. The molecule has 0 aliphatic rings. The van der Waals surface area contributed by atoms with Crippen molar-refractivity contribution in [1.29, 1.82) is 0 Å². The van der Waals surface area contributed by atoms with Crippen LogP contribution in [0.4, 0.5) is 4.39 Å². The molecule has 1 aromatic carbocycles. The molecule has 0 saturated carbocycles. The number of amides is 2. The molecule has 0 saturated heterocycles. The number of carboxylic acids is 1. The Morgan fingerprint density at radius 3 is 2.57 bits per heavy atom. The summed E-state index contributed by atoms with van der Waals surface area (Å²) >= 11 is 0. The van der Waals surface area contributed by atoms with Crippen molar-refractivity contribution in [2.75, 3.05) is 0 Å². The summed E-state index contributed by atoms with van der Waals surface area (Å²) in [5.41, 5.74) is 0.329. The summed E-state index contributed by atoms with van der Waals surface area (Å²) in [6.45, 7) is 1.43. The Balaban J connectivity index is 2.46. The first-order chi connectivity index (χ1) is 9.90. The van der Waals surface area contributed by atoms with E-state index in [2.05, 4.69) is 10.6 Å². The molecule has 0 aromatic heterocycles. The van der Waals surface area contributed by atoms with Gasteiger partial charge in [-0.2, -0.15) is 0 Å². The molecule has 0 fully saturated rings. The maximum absolute atomic E-state index is 13.3. The van der Waals surface area contributed by atoms with E-state index >= 15 is 0 Å². The predicted molar refractivity (Wildman–Crippen MR) is 72.6 cm³/mol. The molecule has 0 heterocycles. The molecular formula is C14H15FN2O4. The van der Waals surface area contributed by atoms with Gasteiger partial charge < -0.3 is 15.7 Å². The number of carbonyl (C=O) groups is 3. The second-order valence-corrected chi connectivity index (χ2v) is 4.21. The molecule has 0 aliphatic carbocycles. The second-order valence-electron chi connectivity index (χ2n) is 4.21. The fourth-order valence-corrected chi connectivity index (χ4v) is 1.45. The summed E-state index contributed by atoms with van der Waals surface area (Å²) in [7, 11) is 0. The number of benzene rings is 1. The zero-order valence-electron chi connectivity index (χ0n) is 11.3. The molecule has 6 nitrogen and oxygen atoms in total. The van der Waals surface area contributed by atoms with E-state index in [1.807, 2.05) is 0 Å². The summed E-state index contributed by atoms with van der Waals surface area (Å²) in [5, 5.41) is 13.1. The van der Waals surface area contributed by atoms with Crippen molar-refractivity contribution < 1.29 is 23.9 Å². The minimum Gasteiger partial charge on any atom is -0.478 e. The third-order valence-corrected chi connectivity index (χ3v) is 2.54. The van der Waals surface area contributed by atoms with Crippen LogP contribution in [0, 0.1) is 5.82 Å². The number of carbonyl (C=O) groups excluding carboxylic acids is 2. The van der Waals surface area contributed by atoms with E-state index in [1.165, 1.54) is 25.1 Å². The van der Waals surface area contributed by atoms with Gasteiger partial charge in [-0.1, -0.05) is 18.2 Å². The molecule has 7 heteroatoms. The molecule has 0 aliphatic heterocycles. The van der Waals surface area contributed by atoms with Crippen LogP contribution in [-0.4, -0.2) is 28.9 Å². The van der Waals surface area contributed by atoms with E-state index < -0.39 is 29.6 Å². The average molecular weight is 294 g/mol. The van der Waals surface area contributed by atoms with Crippen molar-refractivity contribution in [3.05, 3.63) is 47.8 Å². The molecule has 3 N–H and O–H groups in total. The highest BCUT2D eigenvalue weighted by Gasteiger charge is 2.14. The first-order valence-electron chi connectivity index (χ1n) is 6.12. The summed E-state index contributed by atoms with van der Waals surface area (Å²) < 4.78 is 13.3. The van der Waals surface area contributed by atoms with Crippen LogP contribution in [0.25, 0.3) is 0 Å². The molecule has 0 unspecified atom stereocenters. The largest absolute Gasteiger partial charge is 0.478 e. The molecule has 21 heavy (non-hydrogen) atoms. The van der Waals surface area contributed by atoms with Gasteiger partial charge in [0.2, 0.25) is 11.8 Å². The van der Waals surface area contributed by atoms with E-state index in [4.69, 9.17) is 5.11 Å². The van der Waals surface area contributed by atoms with Gasteiger partial charge in [0.15, 0.2) is 0 Å². The quantitative estimate of drug-likeness (QED) is 0.669. The molecule has 1 rings (SSSR count). The van der Waals surface area contributed by atoms with Crippen molar-refractivity contribution in [2.24, 2.45) is 0 Å². The highest BCUT2D eigenvalue weighted by Crippen LogP contribution is 2.05. The molecule has 1 atom stereocenters. The van der Waals surface area contributed by atoms with Gasteiger partial charge in [0, 0.05) is 24.3 Å². The lowest BCUT2D eigenvalue weighted by atomic mass is 10.2. The van der Waals surface area contributed by atoms with Crippen LogP contribution in [-0.2, 0) is 20.9 Å². The fraction of sp³-hybridized carbons (Fsp3) is 0.214. The van der Waals surface area contributed by atoms with E-state index in [9.17, 15) is 18.8 Å². The summed E-state index contributed by atoms with van der Waals surface area (Å²) in [6, 6.07) is 5.13. The third-order valence-electron chi connectivity index (χ3n) is 2.54. The highest BCUT2D eigenvalue weighted by atomic mass is 19.1. The second kappa shape index (κ2) is 7.78. The minimum absolute atomic E-state index is 0.00329. The Kier molecular flexibility index (Phi) is 6.06. The van der Waals surface area contributed by atoms with Crippen molar-refractivity contribution in [1.82, 2.24) is 10.6 Å². The molecule has 0 radical (unpaired) electrons. The Morgan fingerprint density at radius 1 is 1.29 bits per heavy atom. The highest BCUT2D eigenvalue weighted by molar-refractivity contribution is 5.96. The van der Waals surface area contributed by atoms with Crippen LogP contribution in [0.1, 0.15) is 12.5 Å². The number of hydrogen-bond donors (Lipinski definition) is 3. The Hall–Kier alpha value is -2.70. The van der Waals surface area contributed by atoms with Crippen molar-refractivity contribution in [3.63, 3.8) is 0 Å². The van der Waals surface area contributed by atoms with Crippen molar-refractivity contribution >= 4 is 17.8 Å². The smallest absolute Gasteiger partial charge is 0.328 e. The van der Waals surface area contributed by atoms with Gasteiger partial charge in [0.1, 0.15) is 11.9 Å². The van der Waals surface area contributed by atoms with Crippen molar-refractivity contribution in [2.45, 2.75) is 19.5 Å². The normalized spacial score (nSPS) is 11.9. The van der Waals surface area contributed by atoms with Gasteiger partial charge in [-0.15, -0.1) is 0 Å². The zero-order valence-corrected chi connectivity index (χ0v) is 11.3. The van der Waals surface area contributed by atoms with Crippen LogP contribution >= 0.6 is 0 Å². The number of nitrogens with one attached hydrogen (secondary N) is 2. The predicted octanol–water partition coefficient (Wildman–Crippen LogP) is 0.587. The summed E-state index contributed by atoms with van der Waals surface area (Å²) in [4.78, 5) is 33.2. The zero-order chi connectivity index (χ0) is 15.8. The van der Waals surface area contributed by atoms with Crippen molar-refractivity contribution in [3.8, 4) is 0 Å². The van der Waals surface area contributed by atoms with Gasteiger partial charge in [-0.25, -0.2) is 9.18 Å². The van der Waals surface area contributed by atoms with Crippen LogP contribution < -0.4 is 10.6 Å². The van der Waals surface area contributed by atoms with E-state index in [0.717, 1.165) is 6.08 Å². The van der Waals surface area contributed by atoms with Crippen LogP contribution in [0.5, 0.6) is 0 Å². The Bertz CT molecular complexity index is 572. The number of carboxylic acid groups (broad SMARTS) is 1. The SMILES string of the molecule is C[C@@H](NC(=O)C=CC(=O)O)C(=O)NCc1ccccc1F. The van der Waals surface area contributed by atoms with Gasteiger partial charge in [0.05, 0.1) is 0 Å². The van der Waals surface area contributed by atoms with Gasteiger partial charge in [-0.3, -0.25) is 9.59 Å². The third kappa shape index (κ3) is 5.85.